The van der Waals surface area contributed by atoms with Crippen molar-refractivity contribution in [2.45, 2.75) is 32.2 Å². The lowest BCUT2D eigenvalue weighted by Gasteiger charge is -2.31. The van der Waals surface area contributed by atoms with E-state index in [1.165, 1.54) is 33.8 Å². The zero-order valence-electron chi connectivity index (χ0n) is 24.1. The molecule has 4 heterocycles. The maximum absolute atomic E-state index is 14.0. The average Bonchev–Trinajstić information content (AvgIpc) is 3.66. The smallest absolute Gasteiger partial charge is 0.286 e. The number of nitrogens with zero attached hydrogens (tertiary/aromatic N) is 5. The number of carbonyl (C=O) groups is 1. The summed E-state index contributed by atoms with van der Waals surface area (Å²) in [4.78, 5) is 23.7. The molecule has 1 aromatic heterocycles. The quantitative estimate of drug-likeness (QED) is 0.392. The van der Waals surface area contributed by atoms with Gasteiger partial charge in [0.05, 0.1) is 49.4 Å². The molecule has 1 saturated carbocycles. The van der Waals surface area contributed by atoms with Crippen LogP contribution in [-0.2, 0) is 9.47 Å². The van der Waals surface area contributed by atoms with Crippen molar-refractivity contribution in [3.63, 3.8) is 0 Å². The number of thiazole rings is 1. The highest BCUT2D eigenvalue weighted by atomic mass is 32.1. The van der Waals surface area contributed by atoms with Crippen molar-refractivity contribution in [2.75, 3.05) is 62.4 Å². The first-order valence-electron chi connectivity index (χ1n) is 15.0. The molecule has 2 aromatic carbocycles. The van der Waals surface area contributed by atoms with Gasteiger partial charge < -0.3 is 19.3 Å². The molecule has 8 nitrogen and oxygen atoms in total. The van der Waals surface area contributed by atoms with E-state index >= 15 is 0 Å². The number of hydrazone groups is 1. The molecule has 2 atom stereocenters. The van der Waals surface area contributed by atoms with Gasteiger partial charge in [-0.25, -0.2) is 9.99 Å². The summed E-state index contributed by atoms with van der Waals surface area (Å²) < 4.78 is 11.1. The van der Waals surface area contributed by atoms with E-state index in [0.717, 1.165) is 88.8 Å². The summed E-state index contributed by atoms with van der Waals surface area (Å²) in [5, 5.41) is 6.86. The molecule has 2 unspecified atom stereocenters. The Bertz CT molecular complexity index is 1470. The summed E-state index contributed by atoms with van der Waals surface area (Å²) in [6, 6.07) is 17.4. The molecule has 2 saturated heterocycles. The van der Waals surface area contributed by atoms with Gasteiger partial charge in [0.2, 0.25) is 0 Å². The summed E-state index contributed by atoms with van der Waals surface area (Å²) in [5.74, 6) is 0.0948. The van der Waals surface area contributed by atoms with Crippen LogP contribution >= 0.6 is 11.3 Å². The van der Waals surface area contributed by atoms with Crippen LogP contribution in [0.2, 0.25) is 0 Å². The van der Waals surface area contributed by atoms with Crippen LogP contribution in [0.1, 0.15) is 51.8 Å². The standard InChI is InChI=1S/C33H37N5O3S/c1-23-32(42-22-34-23)33(39)38-31(25-7-11-28(12-8-25)37-15-19-41-20-16-37)29-4-2-3-26(30(29)35-38)21-24-5-9-27(10-6-24)36-13-17-40-18-14-36/h5-12,21-22,29,31H,2-4,13-20H2,1H3/b26-21-. The van der Waals surface area contributed by atoms with Crippen LogP contribution < -0.4 is 9.80 Å². The third-order valence-corrected chi connectivity index (χ3v) is 9.79. The van der Waals surface area contributed by atoms with E-state index in [4.69, 9.17) is 14.6 Å². The zero-order valence-corrected chi connectivity index (χ0v) is 24.9. The highest BCUT2D eigenvalue weighted by Gasteiger charge is 2.44. The van der Waals surface area contributed by atoms with Crippen LogP contribution in [0.3, 0.4) is 0 Å². The van der Waals surface area contributed by atoms with E-state index in [9.17, 15) is 4.79 Å². The molecule has 0 radical (unpaired) electrons. The van der Waals surface area contributed by atoms with E-state index in [2.05, 4.69) is 69.4 Å². The topological polar surface area (TPSA) is 70.5 Å². The summed E-state index contributed by atoms with van der Waals surface area (Å²) in [5.41, 5.74) is 9.52. The highest BCUT2D eigenvalue weighted by Crippen LogP contribution is 2.45. The number of ether oxygens (including phenoxy) is 2. The van der Waals surface area contributed by atoms with Gasteiger partial charge in [-0.15, -0.1) is 11.3 Å². The van der Waals surface area contributed by atoms with Crippen molar-refractivity contribution in [3.8, 4) is 0 Å². The van der Waals surface area contributed by atoms with Gasteiger partial charge in [0.25, 0.3) is 5.91 Å². The summed E-state index contributed by atoms with van der Waals surface area (Å²) >= 11 is 1.40. The summed E-state index contributed by atoms with van der Waals surface area (Å²) in [6.07, 6.45) is 5.32. The Morgan fingerprint density at radius 3 is 2.12 bits per heavy atom. The van der Waals surface area contributed by atoms with Crippen LogP contribution in [0.4, 0.5) is 11.4 Å². The Morgan fingerprint density at radius 2 is 1.52 bits per heavy atom. The minimum absolute atomic E-state index is 0.0617. The average molecular weight is 584 g/mol. The van der Waals surface area contributed by atoms with E-state index in [1.807, 2.05) is 6.92 Å². The normalized spacial score (nSPS) is 23.7. The molecule has 0 N–H and O–H groups in total. The molecular weight excluding hydrogens is 546 g/mol. The number of anilines is 2. The number of aromatic nitrogens is 1. The van der Waals surface area contributed by atoms with Crippen LogP contribution in [0.5, 0.6) is 0 Å². The molecule has 42 heavy (non-hydrogen) atoms. The number of carbonyl (C=O) groups excluding carboxylic acids is 1. The summed E-state index contributed by atoms with van der Waals surface area (Å²) in [6.45, 7) is 8.62. The Hall–Kier alpha value is -3.53. The van der Waals surface area contributed by atoms with Crippen molar-refractivity contribution in [1.29, 1.82) is 0 Å². The van der Waals surface area contributed by atoms with Crippen molar-refractivity contribution in [3.05, 3.63) is 81.3 Å². The predicted octanol–water partition coefficient (Wildman–Crippen LogP) is 5.56. The number of morpholine rings is 2. The maximum Gasteiger partial charge on any atom is 0.286 e. The lowest BCUT2D eigenvalue weighted by Crippen LogP contribution is -2.36. The zero-order chi connectivity index (χ0) is 28.5. The Morgan fingerprint density at radius 1 is 0.905 bits per heavy atom. The maximum atomic E-state index is 14.0. The number of amides is 1. The number of hydrogen-bond acceptors (Lipinski definition) is 8. The van der Waals surface area contributed by atoms with E-state index in [0.29, 0.717) is 4.88 Å². The van der Waals surface area contributed by atoms with Gasteiger partial charge in [0, 0.05) is 43.5 Å². The fourth-order valence-corrected chi connectivity index (χ4v) is 7.35. The fourth-order valence-electron chi connectivity index (χ4n) is 6.62. The van der Waals surface area contributed by atoms with Gasteiger partial charge in [0.1, 0.15) is 4.88 Å². The number of allylic oxidation sites excluding steroid dienone is 1. The van der Waals surface area contributed by atoms with Crippen molar-refractivity contribution in [1.82, 2.24) is 9.99 Å². The van der Waals surface area contributed by atoms with Crippen LogP contribution in [0.25, 0.3) is 6.08 Å². The minimum Gasteiger partial charge on any atom is -0.378 e. The van der Waals surface area contributed by atoms with Crippen LogP contribution in [-0.4, -0.2) is 74.2 Å². The number of rotatable bonds is 5. The second kappa shape index (κ2) is 12.0. The SMILES string of the molecule is Cc1ncsc1C(=O)N1N=C2/C(=C\c3ccc(N4CCOCC4)cc3)CCCC2C1c1ccc(N2CCOCC2)cc1. The molecule has 0 spiro atoms. The molecule has 9 heteroatoms. The molecule has 1 amide bonds. The fraction of sp³-hybridized carbons (Fsp3) is 0.424. The van der Waals surface area contributed by atoms with Gasteiger partial charge in [-0.3, -0.25) is 4.79 Å². The molecule has 7 rings (SSSR count). The highest BCUT2D eigenvalue weighted by molar-refractivity contribution is 7.11. The molecule has 218 valence electrons. The first-order chi connectivity index (χ1) is 20.7. The van der Waals surface area contributed by atoms with Crippen molar-refractivity contribution >= 4 is 40.4 Å². The minimum atomic E-state index is -0.139. The van der Waals surface area contributed by atoms with Gasteiger partial charge in [-0.1, -0.05) is 24.3 Å². The monoisotopic (exact) mass is 583 g/mol. The third kappa shape index (κ3) is 5.37. The molecule has 3 aliphatic heterocycles. The molecule has 0 bridgehead atoms. The Labute approximate surface area is 251 Å². The molecule has 3 aromatic rings. The predicted molar refractivity (Wildman–Crippen MR) is 167 cm³/mol. The number of benzene rings is 2. The second-order valence-electron chi connectivity index (χ2n) is 11.4. The van der Waals surface area contributed by atoms with Crippen LogP contribution in [0, 0.1) is 12.8 Å². The number of fused-ring (bicyclic) bond motifs is 1. The van der Waals surface area contributed by atoms with E-state index in [1.54, 1.807) is 10.5 Å². The second-order valence-corrected chi connectivity index (χ2v) is 12.3. The van der Waals surface area contributed by atoms with Gasteiger partial charge in [-0.2, -0.15) is 5.10 Å². The molecule has 1 aliphatic carbocycles. The summed E-state index contributed by atoms with van der Waals surface area (Å²) in [7, 11) is 0. The number of hydrogen-bond donors (Lipinski definition) is 0. The van der Waals surface area contributed by atoms with E-state index in [-0.39, 0.29) is 17.9 Å². The Balaban J connectivity index is 1.20. The number of aryl methyl sites for hydroxylation is 1. The first-order valence-corrected chi connectivity index (χ1v) is 15.9. The molecule has 3 fully saturated rings. The van der Waals surface area contributed by atoms with Gasteiger partial charge in [-0.05, 0) is 73.2 Å². The molecular formula is C33H37N5O3S. The van der Waals surface area contributed by atoms with Gasteiger partial charge in [0.15, 0.2) is 0 Å². The first kappa shape index (κ1) is 27.3. The van der Waals surface area contributed by atoms with E-state index < -0.39 is 0 Å². The van der Waals surface area contributed by atoms with Crippen LogP contribution in [0.15, 0.2) is 64.7 Å². The molecule has 4 aliphatic rings. The van der Waals surface area contributed by atoms with Gasteiger partial charge >= 0.3 is 0 Å². The largest absolute Gasteiger partial charge is 0.378 e. The van der Waals surface area contributed by atoms with Crippen molar-refractivity contribution in [2.24, 2.45) is 11.0 Å². The third-order valence-electron chi connectivity index (χ3n) is 8.87. The lowest BCUT2D eigenvalue weighted by molar-refractivity contribution is 0.0685. The van der Waals surface area contributed by atoms with Crippen molar-refractivity contribution < 1.29 is 14.3 Å². The lowest BCUT2D eigenvalue weighted by atomic mass is 9.77. The Kier molecular flexibility index (Phi) is 7.80.